The van der Waals surface area contributed by atoms with Gasteiger partial charge in [-0.3, -0.25) is 4.79 Å². The maximum atomic E-state index is 12.1. The number of imidazole rings is 2. The summed E-state index contributed by atoms with van der Waals surface area (Å²) in [6.45, 7) is 16.1. The fourth-order valence-electron chi connectivity index (χ4n) is 7.67. The molecular weight excluding hydrogens is 891 g/mol. The number of hydrogen-bond donors (Lipinski definition) is 1. The summed E-state index contributed by atoms with van der Waals surface area (Å²) in [6, 6.07) is 14.2. The SMILES string of the molecule is CC(C)c1noc(C2CCN(c3nn4cc(-c5ccc(C(=O)N(C)C)cc5)nc4s3)CC2)n1.CC(C)c1noc(C2CCN(c3nn4cc(-c5ccc(C(=O)O)cc5)nc4s3)CC2)n1.CCC. The van der Waals surface area contributed by atoms with E-state index in [0.29, 0.717) is 17.4 Å². The minimum absolute atomic E-state index is 0.0121. The molecule has 2 aromatic carbocycles. The summed E-state index contributed by atoms with van der Waals surface area (Å²) in [4.78, 5) is 49.5. The molecule has 1 amide bonds. The first-order valence-corrected chi connectivity index (χ1v) is 24.5. The molecule has 0 aliphatic carbocycles. The van der Waals surface area contributed by atoms with E-state index in [1.807, 2.05) is 41.2 Å². The Balaban J connectivity index is 0.000000172. The summed E-state index contributed by atoms with van der Waals surface area (Å²) < 4.78 is 14.6. The first-order valence-electron chi connectivity index (χ1n) is 22.8. The number of carboxylic acid groups (broad SMARTS) is 1. The van der Waals surface area contributed by atoms with E-state index < -0.39 is 5.97 Å². The Kier molecular flexibility index (Phi) is 14.4. The van der Waals surface area contributed by atoms with Crippen LogP contribution in [0.1, 0.15) is 141 Å². The van der Waals surface area contributed by atoms with E-state index >= 15 is 0 Å². The van der Waals surface area contributed by atoms with E-state index in [2.05, 4.69) is 76.6 Å². The molecule has 67 heavy (non-hydrogen) atoms. The topological polar surface area (TPSA) is 202 Å². The van der Waals surface area contributed by atoms with E-state index in [-0.39, 0.29) is 23.3 Å². The van der Waals surface area contributed by atoms with Crippen molar-refractivity contribution in [2.24, 2.45) is 0 Å². The highest BCUT2D eigenvalue weighted by molar-refractivity contribution is 7.20. The van der Waals surface area contributed by atoms with Gasteiger partial charge in [-0.1, -0.05) is 105 Å². The average molecular weight is 948 g/mol. The molecule has 0 radical (unpaired) electrons. The fraction of sp³-hybridized carbons (Fsp3) is 0.447. The summed E-state index contributed by atoms with van der Waals surface area (Å²) in [5.74, 6) is 3.25. The molecule has 10 rings (SSSR count). The Bertz CT molecular complexity index is 2830. The molecule has 0 unspecified atom stereocenters. The smallest absolute Gasteiger partial charge is 0.335 e. The number of aromatic nitrogens is 10. The number of benzene rings is 2. The number of carbonyl (C=O) groups excluding carboxylic acids is 1. The molecule has 6 aromatic heterocycles. The lowest BCUT2D eigenvalue weighted by atomic mass is 9.97. The number of carboxylic acids is 1. The molecule has 2 aliphatic heterocycles. The number of piperidine rings is 2. The number of nitrogens with zero attached hydrogens (tertiary/aromatic N) is 13. The third-order valence-electron chi connectivity index (χ3n) is 11.5. The Morgan fingerprint density at radius 2 is 1.04 bits per heavy atom. The zero-order valence-electron chi connectivity index (χ0n) is 39.2. The van der Waals surface area contributed by atoms with E-state index in [9.17, 15) is 9.59 Å². The van der Waals surface area contributed by atoms with Crippen LogP contribution in [0.3, 0.4) is 0 Å². The second kappa shape index (κ2) is 20.5. The molecule has 0 atom stereocenters. The van der Waals surface area contributed by atoms with Crippen LogP contribution in [0.25, 0.3) is 32.4 Å². The molecule has 1 N–H and O–H groups in total. The van der Waals surface area contributed by atoms with Gasteiger partial charge in [0.05, 0.1) is 29.3 Å². The van der Waals surface area contributed by atoms with Crippen LogP contribution in [-0.4, -0.2) is 112 Å². The zero-order valence-corrected chi connectivity index (χ0v) is 40.8. The van der Waals surface area contributed by atoms with Crippen molar-refractivity contribution in [2.45, 2.75) is 97.3 Å². The first-order chi connectivity index (χ1) is 32.3. The van der Waals surface area contributed by atoms with Crippen molar-refractivity contribution >= 4 is 54.7 Å². The molecule has 0 bridgehead atoms. The van der Waals surface area contributed by atoms with Crippen LogP contribution in [0.4, 0.5) is 10.3 Å². The highest BCUT2D eigenvalue weighted by atomic mass is 32.1. The molecule has 18 nitrogen and oxygen atoms in total. The molecule has 2 saturated heterocycles. The third kappa shape index (κ3) is 10.7. The molecule has 8 heterocycles. The second-order valence-electron chi connectivity index (χ2n) is 17.7. The van der Waals surface area contributed by atoms with Gasteiger partial charge in [-0.25, -0.2) is 23.8 Å². The van der Waals surface area contributed by atoms with Crippen LogP contribution in [0.5, 0.6) is 0 Å². The number of carbonyl (C=O) groups is 2. The van der Waals surface area contributed by atoms with Crippen LogP contribution < -0.4 is 9.80 Å². The van der Waals surface area contributed by atoms with Crippen LogP contribution in [0.15, 0.2) is 70.0 Å². The average Bonchev–Trinajstić information content (AvgIpc) is 4.19. The molecular formula is C47H57N13O5S2. The number of fused-ring (bicyclic) bond motifs is 2. The molecule has 2 aliphatic rings. The first kappa shape index (κ1) is 47.0. The quantitative estimate of drug-likeness (QED) is 0.136. The van der Waals surface area contributed by atoms with Crippen molar-refractivity contribution in [1.82, 2.24) is 54.4 Å². The molecule has 0 saturated carbocycles. The molecule has 8 aromatic rings. The lowest BCUT2D eigenvalue weighted by molar-refractivity contribution is 0.0696. The van der Waals surface area contributed by atoms with Crippen LogP contribution in [-0.2, 0) is 0 Å². The van der Waals surface area contributed by atoms with Gasteiger partial charge >= 0.3 is 5.97 Å². The van der Waals surface area contributed by atoms with E-state index in [1.54, 1.807) is 70.4 Å². The number of aromatic carboxylic acids is 1. The predicted octanol–water partition coefficient (Wildman–Crippen LogP) is 9.51. The largest absolute Gasteiger partial charge is 0.478 e. The maximum absolute atomic E-state index is 12.1. The van der Waals surface area contributed by atoms with Gasteiger partial charge in [0, 0.05) is 80.6 Å². The van der Waals surface area contributed by atoms with Gasteiger partial charge < -0.3 is 28.9 Å². The van der Waals surface area contributed by atoms with Crippen molar-refractivity contribution in [2.75, 3.05) is 50.1 Å². The van der Waals surface area contributed by atoms with E-state index in [0.717, 1.165) is 118 Å². The highest BCUT2D eigenvalue weighted by Gasteiger charge is 2.29. The normalized spacial score (nSPS) is 14.7. The highest BCUT2D eigenvalue weighted by Crippen LogP contribution is 2.35. The van der Waals surface area contributed by atoms with Gasteiger partial charge in [-0.15, -0.1) is 10.2 Å². The number of rotatable bonds is 10. The summed E-state index contributed by atoms with van der Waals surface area (Å²) in [5.41, 5.74) is 4.37. The molecule has 20 heteroatoms. The van der Waals surface area contributed by atoms with E-state index in [4.69, 9.17) is 29.3 Å². The van der Waals surface area contributed by atoms with Gasteiger partial charge in [0.1, 0.15) is 0 Å². The molecule has 352 valence electrons. The lowest BCUT2D eigenvalue weighted by Gasteiger charge is -2.29. The Morgan fingerprint density at radius 3 is 1.37 bits per heavy atom. The van der Waals surface area contributed by atoms with Gasteiger partial charge in [0.25, 0.3) is 5.91 Å². The van der Waals surface area contributed by atoms with Crippen molar-refractivity contribution in [3.63, 3.8) is 0 Å². The van der Waals surface area contributed by atoms with Gasteiger partial charge in [0.2, 0.25) is 32.0 Å². The summed E-state index contributed by atoms with van der Waals surface area (Å²) in [5, 5.41) is 28.6. The van der Waals surface area contributed by atoms with Crippen molar-refractivity contribution in [3.05, 3.63) is 95.5 Å². The fourth-order valence-corrected chi connectivity index (χ4v) is 9.54. The summed E-state index contributed by atoms with van der Waals surface area (Å²) in [6.07, 6.45) is 8.89. The minimum atomic E-state index is -0.938. The lowest BCUT2D eigenvalue weighted by Crippen LogP contribution is -2.33. The summed E-state index contributed by atoms with van der Waals surface area (Å²) >= 11 is 3.14. The number of amides is 1. The van der Waals surface area contributed by atoms with Crippen molar-refractivity contribution < 1.29 is 23.7 Å². The van der Waals surface area contributed by atoms with Crippen molar-refractivity contribution in [3.8, 4) is 22.5 Å². The summed E-state index contributed by atoms with van der Waals surface area (Å²) in [7, 11) is 3.50. The third-order valence-corrected chi connectivity index (χ3v) is 13.5. The molecule has 0 spiro atoms. The Hall–Kier alpha value is -6.54. The standard InChI is InChI=1S/C23H27N7O2S.C21H22N6O3S.C3H8/c1-14(2)19-25-20(32-27-19)16-9-11-29(12-10-16)23-26-30-13-18(24-22(30)33-23)15-5-7-17(8-6-15)21(31)28(3)4;1-12(2)17-23-18(30-25-17)14-7-9-26(10-8-14)21-24-27-11-16(22-20(27)31-21)13-3-5-15(6-4-13)19(28)29;1-3-2/h5-8,13-14,16H,9-12H2,1-4H3;3-6,11-12,14H,7-10H2,1-2H3,(H,28,29);3H2,1-2H3. The van der Waals surface area contributed by atoms with Crippen molar-refractivity contribution in [1.29, 1.82) is 0 Å². The zero-order chi connectivity index (χ0) is 47.4. The van der Waals surface area contributed by atoms with Crippen LogP contribution in [0.2, 0.25) is 0 Å². The Morgan fingerprint density at radius 1 is 0.657 bits per heavy atom. The Labute approximate surface area is 396 Å². The van der Waals surface area contributed by atoms with Gasteiger partial charge in [0.15, 0.2) is 11.6 Å². The van der Waals surface area contributed by atoms with E-state index in [1.165, 1.54) is 6.42 Å². The van der Waals surface area contributed by atoms with Gasteiger partial charge in [-0.2, -0.15) is 9.97 Å². The van der Waals surface area contributed by atoms with Crippen LogP contribution in [0, 0.1) is 0 Å². The number of hydrogen-bond acceptors (Lipinski definition) is 16. The monoisotopic (exact) mass is 947 g/mol. The second-order valence-corrected chi connectivity index (χ2v) is 19.5. The maximum Gasteiger partial charge on any atom is 0.335 e. The number of anilines is 2. The van der Waals surface area contributed by atoms with Crippen LogP contribution >= 0.6 is 22.7 Å². The minimum Gasteiger partial charge on any atom is -0.478 e. The molecule has 2 fully saturated rings. The van der Waals surface area contributed by atoms with Gasteiger partial charge in [-0.05, 0) is 49.9 Å². The predicted molar refractivity (Wildman–Crippen MR) is 259 cm³/mol.